The van der Waals surface area contributed by atoms with Crippen molar-refractivity contribution in [1.82, 2.24) is 4.98 Å². The van der Waals surface area contributed by atoms with Crippen LogP contribution in [0.3, 0.4) is 0 Å². The fraction of sp³-hybridized carbons (Fsp3) is 0.455. The Morgan fingerprint density at radius 1 is 1.65 bits per heavy atom. The fourth-order valence-electron chi connectivity index (χ4n) is 1.73. The van der Waals surface area contributed by atoms with E-state index in [1.807, 2.05) is 0 Å². The largest absolute Gasteiger partial charge is 0.478 e. The van der Waals surface area contributed by atoms with Gasteiger partial charge in [0, 0.05) is 19.1 Å². The molecular weight excluding hydrogens is 244 g/mol. The average Bonchev–Trinajstić information content (AvgIpc) is 2.78. The molecule has 2 N–H and O–H groups in total. The molecule has 0 radical (unpaired) electrons. The molecular formula is C11H13ClN2O3. The fourth-order valence-corrected chi connectivity index (χ4v) is 1.88. The third kappa shape index (κ3) is 3.08. The van der Waals surface area contributed by atoms with Crippen LogP contribution in [-0.2, 0) is 4.74 Å². The Labute approximate surface area is 104 Å². The van der Waals surface area contributed by atoms with E-state index in [1.165, 1.54) is 12.1 Å². The van der Waals surface area contributed by atoms with Crippen molar-refractivity contribution in [2.75, 3.05) is 25.1 Å². The van der Waals surface area contributed by atoms with Crippen LogP contribution in [0.1, 0.15) is 16.8 Å². The van der Waals surface area contributed by atoms with Crippen LogP contribution in [0.15, 0.2) is 12.1 Å². The summed E-state index contributed by atoms with van der Waals surface area (Å²) in [7, 11) is 0. The van der Waals surface area contributed by atoms with E-state index >= 15 is 0 Å². The van der Waals surface area contributed by atoms with Crippen molar-refractivity contribution in [2.24, 2.45) is 5.92 Å². The molecule has 0 amide bonds. The van der Waals surface area contributed by atoms with E-state index in [4.69, 9.17) is 21.4 Å². The smallest absolute Gasteiger partial charge is 0.339 e. The van der Waals surface area contributed by atoms with Crippen LogP contribution in [0.5, 0.6) is 0 Å². The quantitative estimate of drug-likeness (QED) is 0.805. The lowest BCUT2D eigenvalue weighted by Crippen LogP contribution is -2.17. The maximum absolute atomic E-state index is 11.0. The van der Waals surface area contributed by atoms with Gasteiger partial charge in [-0.05, 0) is 18.6 Å². The number of aromatic carboxylic acids is 1. The van der Waals surface area contributed by atoms with Crippen LogP contribution in [0.2, 0.25) is 5.15 Å². The monoisotopic (exact) mass is 256 g/mol. The van der Waals surface area contributed by atoms with Crippen molar-refractivity contribution >= 4 is 23.4 Å². The number of ether oxygens (including phenoxy) is 1. The number of nitrogens with one attached hydrogen (secondary N) is 1. The molecule has 1 aliphatic rings. The molecule has 1 aliphatic heterocycles. The highest BCUT2D eigenvalue weighted by Gasteiger charge is 2.17. The van der Waals surface area contributed by atoms with Gasteiger partial charge in [0.2, 0.25) is 0 Å². The van der Waals surface area contributed by atoms with E-state index < -0.39 is 5.97 Å². The van der Waals surface area contributed by atoms with Gasteiger partial charge in [-0.1, -0.05) is 11.6 Å². The lowest BCUT2D eigenvalue weighted by Gasteiger charge is -2.12. The molecule has 1 unspecified atom stereocenters. The van der Waals surface area contributed by atoms with Crippen molar-refractivity contribution in [1.29, 1.82) is 0 Å². The van der Waals surface area contributed by atoms with Crippen molar-refractivity contribution in [3.05, 3.63) is 22.8 Å². The van der Waals surface area contributed by atoms with E-state index in [2.05, 4.69) is 10.3 Å². The molecule has 0 bridgehead atoms. The summed E-state index contributed by atoms with van der Waals surface area (Å²) in [6, 6.07) is 2.92. The van der Waals surface area contributed by atoms with Crippen LogP contribution < -0.4 is 5.32 Å². The zero-order chi connectivity index (χ0) is 12.3. The van der Waals surface area contributed by atoms with E-state index in [-0.39, 0.29) is 10.7 Å². The second-order valence-electron chi connectivity index (χ2n) is 3.95. The Morgan fingerprint density at radius 3 is 3.12 bits per heavy atom. The number of hydrogen-bond acceptors (Lipinski definition) is 4. The Hall–Kier alpha value is -1.33. The van der Waals surface area contributed by atoms with E-state index in [0.29, 0.717) is 24.9 Å². The molecule has 17 heavy (non-hydrogen) atoms. The summed E-state index contributed by atoms with van der Waals surface area (Å²) in [6.45, 7) is 2.12. The van der Waals surface area contributed by atoms with Crippen molar-refractivity contribution in [3.8, 4) is 0 Å². The van der Waals surface area contributed by atoms with E-state index in [9.17, 15) is 4.79 Å². The highest BCUT2D eigenvalue weighted by molar-refractivity contribution is 6.29. The standard InChI is InChI=1S/C11H13ClN2O3/c12-9-2-1-8(11(15)16)10(14-9)13-5-7-3-4-17-6-7/h1-2,7H,3-6H2,(H,13,14)(H,15,16). The number of aromatic nitrogens is 1. The number of hydrogen-bond donors (Lipinski definition) is 2. The maximum atomic E-state index is 11.0. The zero-order valence-electron chi connectivity index (χ0n) is 9.15. The molecule has 2 heterocycles. The summed E-state index contributed by atoms with van der Waals surface area (Å²) in [5.41, 5.74) is 0.133. The van der Waals surface area contributed by atoms with Gasteiger partial charge in [-0.3, -0.25) is 0 Å². The minimum Gasteiger partial charge on any atom is -0.478 e. The predicted molar refractivity (Wildman–Crippen MR) is 63.6 cm³/mol. The molecule has 1 aromatic rings. The number of rotatable bonds is 4. The normalized spacial score (nSPS) is 19.2. The van der Waals surface area contributed by atoms with Crippen molar-refractivity contribution in [2.45, 2.75) is 6.42 Å². The average molecular weight is 257 g/mol. The van der Waals surface area contributed by atoms with Crippen molar-refractivity contribution in [3.63, 3.8) is 0 Å². The van der Waals surface area contributed by atoms with Crippen LogP contribution >= 0.6 is 11.6 Å². The molecule has 92 valence electrons. The van der Waals surface area contributed by atoms with Gasteiger partial charge in [0.25, 0.3) is 0 Å². The lowest BCUT2D eigenvalue weighted by molar-refractivity contribution is 0.0697. The highest BCUT2D eigenvalue weighted by Crippen LogP contribution is 2.18. The van der Waals surface area contributed by atoms with Crippen LogP contribution in [-0.4, -0.2) is 35.8 Å². The number of carboxylic acids is 1. The van der Waals surface area contributed by atoms with Gasteiger partial charge in [-0.2, -0.15) is 0 Å². The summed E-state index contributed by atoms with van der Waals surface area (Å²) in [6.07, 6.45) is 0.982. The number of nitrogens with zero attached hydrogens (tertiary/aromatic N) is 1. The van der Waals surface area contributed by atoms with Gasteiger partial charge in [-0.25, -0.2) is 9.78 Å². The first-order chi connectivity index (χ1) is 8.16. The summed E-state index contributed by atoms with van der Waals surface area (Å²) < 4.78 is 5.24. The summed E-state index contributed by atoms with van der Waals surface area (Å²) >= 11 is 5.75. The molecule has 6 heteroatoms. The molecule has 1 atom stereocenters. The van der Waals surface area contributed by atoms with Gasteiger partial charge in [0.05, 0.1) is 6.61 Å². The second kappa shape index (κ2) is 5.33. The van der Waals surface area contributed by atoms with E-state index in [0.717, 1.165) is 13.0 Å². The van der Waals surface area contributed by atoms with Crippen molar-refractivity contribution < 1.29 is 14.6 Å². The Balaban J connectivity index is 2.07. The number of halogens is 1. The van der Waals surface area contributed by atoms with Gasteiger partial charge in [-0.15, -0.1) is 0 Å². The summed E-state index contributed by atoms with van der Waals surface area (Å²) in [4.78, 5) is 15.0. The molecule has 0 aromatic carbocycles. The zero-order valence-corrected chi connectivity index (χ0v) is 9.91. The maximum Gasteiger partial charge on any atom is 0.339 e. The molecule has 0 spiro atoms. The molecule has 1 aromatic heterocycles. The Morgan fingerprint density at radius 2 is 2.47 bits per heavy atom. The summed E-state index contributed by atoms with van der Waals surface area (Å²) in [5, 5.41) is 12.3. The van der Waals surface area contributed by atoms with Gasteiger partial charge >= 0.3 is 5.97 Å². The number of carbonyl (C=O) groups is 1. The third-order valence-electron chi connectivity index (χ3n) is 2.67. The number of pyridine rings is 1. The van der Waals surface area contributed by atoms with Crippen LogP contribution in [0.4, 0.5) is 5.82 Å². The molecule has 0 saturated carbocycles. The van der Waals surface area contributed by atoms with Gasteiger partial charge in [0.1, 0.15) is 16.5 Å². The molecule has 1 saturated heterocycles. The van der Waals surface area contributed by atoms with Crippen LogP contribution in [0.25, 0.3) is 0 Å². The SMILES string of the molecule is O=C(O)c1ccc(Cl)nc1NCC1CCOC1. The Kier molecular flexibility index (Phi) is 3.81. The first kappa shape index (κ1) is 12.1. The minimum absolute atomic E-state index is 0.133. The third-order valence-corrected chi connectivity index (χ3v) is 2.88. The van der Waals surface area contributed by atoms with Gasteiger partial charge in [0.15, 0.2) is 0 Å². The summed E-state index contributed by atoms with van der Waals surface area (Å²) in [5.74, 6) is -0.298. The topological polar surface area (TPSA) is 71.5 Å². The first-order valence-corrected chi connectivity index (χ1v) is 5.76. The lowest BCUT2D eigenvalue weighted by atomic mass is 10.1. The Bertz CT molecular complexity index is 419. The molecule has 5 nitrogen and oxygen atoms in total. The second-order valence-corrected chi connectivity index (χ2v) is 4.33. The highest BCUT2D eigenvalue weighted by atomic mass is 35.5. The number of anilines is 1. The first-order valence-electron chi connectivity index (χ1n) is 5.38. The predicted octanol–water partition coefficient (Wildman–Crippen LogP) is 1.88. The minimum atomic E-state index is -1.01. The molecule has 0 aliphatic carbocycles. The van der Waals surface area contributed by atoms with Crippen LogP contribution in [0, 0.1) is 5.92 Å². The van der Waals surface area contributed by atoms with E-state index in [1.54, 1.807) is 0 Å². The molecule has 1 fully saturated rings. The van der Waals surface area contributed by atoms with Gasteiger partial charge < -0.3 is 15.2 Å². The molecule has 2 rings (SSSR count). The number of carboxylic acid groups (broad SMARTS) is 1.